The van der Waals surface area contributed by atoms with Gasteiger partial charge in [0.15, 0.2) is 0 Å². The highest BCUT2D eigenvalue weighted by molar-refractivity contribution is 5.61. The molecule has 0 aliphatic heterocycles. The Kier molecular flexibility index (Phi) is 2.89. The minimum absolute atomic E-state index is 0.108. The molecule has 0 bridgehead atoms. The minimum Gasteiger partial charge on any atom is -0.316 e. The number of hydrogen-bond acceptors (Lipinski definition) is 2. The lowest BCUT2D eigenvalue weighted by Gasteiger charge is -2.08. The van der Waals surface area contributed by atoms with Gasteiger partial charge in [-0.2, -0.15) is 0 Å². The third kappa shape index (κ3) is 1.91. The lowest BCUT2D eigenvalue weighted by Crippen LogP contribution is -2.18. The molecule has 102 valence electrons. The van der Waals surface area contributed by atoms with Crippen molar-refractivity contribution in [3.8, 4) is 11.3 Å². The Hall–Kier alpha value is -2.43. The fourth-order valence-electron chi connectivity index (χ4n) is 2.36. The Bertz CT molecular complexity index is 831. The van der Waals surface area contributed by atoms with Crippen LogP contribution in [0.2, 0.25) is 0 Å². The Morgan fingerprint density at radius 1 is 1.25 bits per heavy atom. The Morgan fingerprint density at radius 2 is 1.95 bits per heavy atom. The molecule has 3 rings (SSSR count). The standard InChI is InChI=1S/C15H14FN3O/c1-3-18-10(2)8-14(20)19-9-13(17-15(18)19)11-4-6-12(16)7-5-11/h4-9H,3H2,1-2H3. The maximum absolute atomic E-state index is 13.0. The largest absolute Gasteiger partial charge is 0.316 e. The first-order valence-electron chi connectivity index (χ1n) is 6.45. The molecule has 0 spiro atoms. The molecule has 0 unspecified atom stereocenters. The number of halogens is 1. The van der Waals surface area contributed by atoms with Crippen molar-refractivity contribution >= 4 is 5.78 Å². The van der Waals surface area contributed by atoms with Crippen molar-refractivity contribution in [2.45, 2.75) is 20.4 Å². The predicted molar refractivity (Wildman–Crippen MR) is 75.3 cm³/mol. The van der Waals surface area contributed by atoms with Gasteiger partial charge in [-0.05, 0) is 38.1 Å². The number of hydrogen-bond donors (Lipinski definition) is 0. The lowest BCUT2D eigenvalue weighted by atomic mass is 10.2. The van der Waals surface area contributed by atoms with E-state index in [0.29, 0.717) is 11.5 Å². The second-order valence-electron chi connectivity index (χ2n) is 4.67. The zero-order valence-electron chi connectivity index (χ0n) is 11.3. The highest BCUT2D eigenvalue weighted by Gasteiger charge is 2.10. The molecule has 0 fully saturated rings. The predicted octanol–water partition coefficient (Wildman–Crippen LogP) is 2.63. The molecule has 0 radical (unpaired) electrons. The molecular weight excluding hydrogens is 257 g/mol. The van der Waals surface area contributed by atoms with E-state index >= 15 is 0 Å². The van der Waals surface area contributed by atoms with E-state index in [1.165, 1.54) is 16.5 Å². The Balaban J connectivity index is 2.27. The summed E-state index contributed by atoms with van der Waals surface area (Å²) < 4.78 is 16.5. The molecule has 3 aromatic rings. The van der Waals surface area contributed by atoms with Crippen LogP contribution >= 0.6 is 0 Å². The van der Waals surface area contributed by atoms with Crippen LogP contribution in [0.15, 0.2) is 41.3 Å². The summed E-state index contributed by atoms with van der Waals surface area (Å²) in [6.07, 6.45) is 1.69. The Morgan fingerprint density at radius 3 is 2.60 bits per heavy atom. The van der Waals surface area contributed by atoms with E-state index in [1.807, 2.05) is 18.4 Å². The van der Waals surface area contributed by atoms with Crippen LogP contribution in [0.1, 0.15) is 12.6 Å². The molecule has 1 aromatic carbocycles. The summed E-state index contributed by atoms with van der Waals surface area (Å²) in [6, 6.07) is 7.68. The number of fused-ring (bicyclic) bond motifs is 1. The van der Waals surface area contributed by atoms with E-state index in [1.54, 1.807) is 24.4 Å². The van der Waals surface area contributed by atoms with Crippen molar-refractivity contribution < 1.29 is 4.39 Å². The Labute approximate surface area is 115 Å². The second kappa shape index (κ2) is 4.59. The molecule has 5 heteroatoms. The van der Waals surface area contributed by atoms with Gasteiger partial charge in [-0.3, -0.25) is 9.20 Å². The molecule has 0 amide bonds. The number of rotatable bonds is 2. The van der Waals surface area contributed by atoms with E-state index < -0.39 is 0 Å². The van der Waals surface area contributed by atoms with Crippen molar-refractivity contribution in [3.63, 3.8) is 0 Å². The summed E-state index contributed by atoms with van der Waals surface area (Å²) in [7, 11) is 0. The van der Waals surface area contributed by atoms with Crippen LogP contribution in [0.4, 0.5) is 4.39 Å². The molecule has 4 nitrogen and oxygen atoms in total. The van der Waals surface area contributed by atoms with Crippen molar-refractivity contribution in [2.24, 2.45) is 0 Å². The SMILES string of the molecule is CCn1c(C)cc(=O)n2cc(-c3ccc(F)cc3)nc12. The van der Waals surface area contributed by atoms with Crippen LogP contribution in [-0.4, -0.2) is 14.0 Å². The molecule has 2 aromatic heterocycles. The minimum atomic E-state index is -0.290. The monoisotopic (exact) mass is 271 g/mol. The van der Waals surface area contributed by atoms with Gasteiger partial charge in [-0.1, -0.05) is 0 Å². The normalized spacial score (nSPS) is 11.2. The number of benzene rings is 1. The summed E-state index contributed by atoms with van der Waals surface area (Å²) in [5, 5.41) is 0. The molecule has 0 aliphatic rings. The van der Waals surface area contributed by atoms with Crippen LogP contribution in [-0.2, 0) is 6.54 Å². The van der Waals surface area contributed by atoms with Gasteiger partial charge in [0.2, 0.25) is 5.78 Å². The average molecular weight is 271 g/mol. The first-order valence-corrected chi connectivity index (χ1v) is 6.45. The van der Waals surface area contributed by atoms with Crippen molar-refractivity contribution in [1.29, 1.82) is 0 Å². The van der Waals surface area contributed by atoms with Gasteiger partial charge < -0.3 is 4.57 Å². The van der Waals surface area contributed by atoms with Gasteiger partial charge in [-0.15, -0.1) is 0 Å². The highest BCUT2D eigenvalue weighted by Crippen LogP contribution is 2.19. The zero-order chi connectivity index (χ0) is 14.3. The second-order valence-corrected chi connectivity index (χ2v) is 4.67. The summed E-state index contributed by atoms with van der Waals surface area (Å²) in [5.74, 6) is 0.318. The van der Waals surface area contributed by atoms with Gasteiger partial charge in [0, 0.05) is 30.1 Å². The maximum atomic E-state index is 13.0. The molecule has 0 saturated heterocycles. The lowest BCUT2D eigenvalue weighted by molar-refractivity contribution is 0.628. The van der Waals surface area contributed by atoms with E-state index in [-0.39, 0.29) is 11.4 Å². The molecule has 0 aliphatic carbocycles. The molecule has 0 atom stereocenters. The maximum Gasteiger partial charge on any atom is 0.259 e. The number of aryl methyl sites for hydroxylation is 2. The van der Waals surface area contributed by atoms with E-state index in [2.05, 4.69) is 4.98 Å². The summed E-state index contributed by atoms with van der Waals surface area (Å²) in [5.41, 5.74) is 2.22. The molecule has 0 N–H and O–H groups in total. The van der Waals surface area contributed by atoms with Crippen molar-refractivity contribution in [2.75, 3.05) is 0 Å². The summed E-state index contributed by atoms with van der Waals surface area (Å²) in [6.45, 7) is 4.62. The zero-order valence-corrected chi connectivity index (χ0v) is 11.3. The van der Waals surface area contributed by atoms with Gasteiger partial charge in [0.1, 0.15) is 5.82 Å². The summed E-state index contributed by atoms with van der Waals surface area (Å²) >= 11 is 0. The molecule has 2 heterocycles. The molecule has 20 heavy (non-hydrogen) atoms. The van der Waals surface area contributed by atoms with E-state index in [9.17, 15) is 9.18 Å². The number of aromatic nitrogens is 3. The van der Waals surface area contributed by atoms with Gasteiger partial charge >= 0.3 is 0 Å². The van der Waals surface area contributed by atoms with Crippen LogP contribution in [0.3, 0.4) is 0 Å². The summed E-state index contributed by atoms with van der Waals surface area (Å²) in [4.78, 5) is 16.5. The third-order valence-corrected chi connectivity index (χ3v) is 3.38. The van der Waals surface area contributed by atoms with Crippen molar-refractivity contribution in [1.82, 2.24) is 14.0 Å². The average Bonchev–Trinajstić information content (AvgIpc) is 2.85. The topological polar surface area (TPSA) is 39.3 Å². The van der Waals surface area contributed by atoms with Crippen LogP contribution in [0.25, 0.3) is 17.0 Å². The fourth-order valence-corrected chi connectivity index (χ4v) is 2.36. The van der Waals surface area contributed by atoms with Gasteiger partial charge in [0.05, 0.1) is 5.69 Å². The van der Waals surface area contributed by atoms with Crippen LogP contribution < -0.4 is 5.56 Å². The van der Waals surface area contributed by atoms with E-state index in [4.69, 9.17) is 0 Å². The third-order valence-electron chi connectivity index (χ3n) is 3.38. The van der Waals surface area contributed by atoms with Gasteiger partial charge in [0.25, 0.3) is 5.56 Å². The smallest absolute Gasteiger partial charge is 0.259 e. The van der Waals surface area contributed by atoms with Crippen LogP contribution in [0, 0.1) is 12.7 Å². The van der Waals surface area contributed by atoms with Crippen molar-refractivity contribution in [3.05, 3.63) is 58.4 Å². The molecular formula is C15H14FN3O. The highest BCUT2D eigenvalue weighted by atomic mass is 19.1. The fraction of sp³-hybridized carbons (Fsp3) is 0.200. The number of nitrogens with zero attached hydrogens (tertiary/aromatic N) is 3. The quantitative estimate of drug-likeness (QED) is 0.718. The van der Waals surface area contributed by atoms with E-state index in [0.717, 1.165) is 17.8 Å². The van der Waals surface area contributed by atoms with Gasteiger partial charge in [-0.25, -0.2) is 9.37 Å². The first-order chi connectivity index (χ1) is 9.60. The molecule has 0 saturated carbocycles. The number of imidazole rings is 1. The first kappa shape index (κ1) is 12.6. The van der Waals surface area contributed by atoms with Crippen LogP contribution in [0.5, 0.6) is 0 Å².